The van der Waals surface area contributed by atoms with Gasteiger partial charge in [-0.3, -0.25) is 4.98 Å². The van der Waals surface area contributed by atoms with E-state index in [4.69, 9.17) is 9.72 Å². The lowest BCUT2D eigenvalue weighted by Crippen LogP contribution is -2.40. The molecule has 0 unspecified atom stereocenters. The Labute approximate surface area is 196 Å². The van der Waals surface area contributed by atoms with Gasteiger partial charge in [-0.15, -0.1) is 0 Å². The van der Waals surface area contributed by atoms with Crippen LogP contribution in [0.3, 0.4) is 0 Å². The number of ether oxygens (including phenoxy) is 1. The average molecular weight is 484 g/mol. The predicted molar refractivity (Wildman–Crippen MR) is 125 cm³/mol. The van der Waals surface area contributed by atoms with Crippen molar-refractivity contribution in [3.8, 4) is 11.1 Å². The van der Waals surface area contributed by atoms with Gasteiger partial charge in [-0.1, -0.05) is 12.1 Å². The van der Waals surface area contributed by atoms with Crippen LogP contribution in [0.1, 0.15) is 11.3 Å². The predicted octanol–water partition coefficient (Wildman–Crippen LogP) is 4.31. The van der Waals surface area contributed by atoms with E-state index in [9.17, 15) is 17.2 Å². The minimum Gasteiger partial charge on any atom is -0.379 e. The van der Waals surface area contributed by atoms with Gasteiger partial charge in [0, 0.05) is 36.6 Å². The number of fused-ring (bicyclic) bond motifs is 1. The van der Waals surface area contributed by atoms with Gasteiger partial charge < -0.3 is 9.72 Å². The molecule has 176 valence electrons. The van der Waals surface area contributed by atoms with E-state index in [1.807, 2.05) is 12.1 Å². The van der Waals surface area contributed by atoms with E-state index in [1.54, 1.807) is 30.5 Å². The first-order valence-electron chi connectivity index (χ1n) is 11.0. The summed E-state index contributed by atoms with van der Waals surface area (Å²) in [4.78, 5) is 8.13. The number of hydrogen-bond acceptors (Lipinski definition) is 4. The second-order valence-electron chi connectivity index (χ2n) is 8.21. The zero-order valence-electron chi connectivity index (χ0n) is 18.3. The van der Waals surface area contributed by atoms with Crippen molar-refractivity contribution in [1.29, 1.82) is 0 Å². The fourth-order valence-electron chi connectivity index (χ4n) is 4.22. The molecule has 34 heavy (non-hydrogen) atoms. The van der Waals surface area contributed by atoms with Gasteiger partial charge in [-0.25, -0.2) is 17.2 Å². The van der Waals surface area contributed by atoms with Crippen LogP contribution in [-0.2, 0) is 27.6 Å². The molecule has 2 aromatic carbocycles. The van der Waals surface area contributed by atoms with E-state index in [0.29, 0.717) is 44.7 Å². The van der Waals surface area contributed by atoms with Gasteiger partial charge in [0.15, 0.2) is 0 Å². The number of aryl methyl sites for hydroxylation is 2. The van der Waals surface area contributed by atoms with Gasteiger partial charge in [0.25, 0.3) is 0 Å². The lowest BCUT2D eigenvalue weighted by molar-refractivity contribution is 0.0730. The summed E-state index contributed by atoms with van der Waals surface area (Å²) < 4.78 is 59.8. The SMILES string of the molecule is O=S(=O)(c1ccc(-c2cc3[nH]ccc3nc2CCc2cc(F)cc(F)c2)cc1)N1CCOCC1. The summed E-state index contributed by atoms with van der Waals surface area (Å²) in [5, 5.41) is 0. The highest BCUT2D eigenvalue weighted by atomic mass is 32.2. The van der Waals surface area contributed by atoms with Crippen molar-refractivity contribution in [3.05, 3.63) is 83.7 Å². The first-order valence-corrected chi connectivity index (χ1v) is 12.4. The van der Waals surface area contributed by atoms with Gasteiger partial charge in [-0.2, -0.15) is 4.31 Å². The van der Waals surface area contributed by atoms with Gasteiger partial charge in [0.2, 0.25) is 10.0 Å². The molecular weight excluding hydrogens is 460 g/mol. The number of aromatic nitrogens is 2. The molecule has 1 N–H and O–H groups in total. The molecule has 0 radical (unpaired) electrons. The number of pyridine rings is 1. The van der Waals surface area contributed by atoms with Gasteiger partial charge >= 0.3 is 0 Å². The highest BCUT2D eigenvalue weighted by Crippen LogP contribution is 2.29. The second-order valence-corrected chi connectivity index (χ2v) is 10.1. The molecule has 1 fully saturated rings. The van der Waals surface area contributed by atoms with Crippen LogP contribution in [0, 0.1) is 11.6 Å². The zero-order chi connectivity index (χ0) is 23.7. The first-order chi connectivity index (χ1) is 16.4. The number of nitrogens with zero attached hydrogens (tertiary/aromatic N) is 2. The van der Waals surface area contributed by atoms with Crippen LogP contribution in [0.25, 0.3) is 22.2 Å². The summed E-state index contributed by atoms with van der Waals surface area (Å²) in [6.45, 7) is 1.44. The molecule has 0 amide bonds. The van der Waals surface area contributed by atoms with Gasteiger partial charge in [-0.05, 0) is 60.4 Å². The normalized spacial score (nSPS) is 15.1. The summed E-state index contributed by atoms with van der Waals surface area (Å²) >= 11 is 0. The van der Waals surface area contributed by atoms with Crippen molar-refractivity contribution in [2.24, 2.45) is 0 Å². The van der Waals surface area contributed by atoms with Gasteiger partial charge in [0.1, 0.15) is 11.6 Å². The molecule has 3 heterocycles. The Hall–Kier alpha value is -3.14. The fraction of sp³-hybridized carbons (Fsp3) is 0.240. The van der Waals surface area contributed by atoms with E-state index >= 15 is 0 Å². The Bertz CT molecular complexity index is 1410. The fourth-order valence-corrected chi connectivity index (χ4v) is 5.63. The van der Waals surface area contributed by atoms with Crippen molar-refractivity contribution in [2.75, 3.05) is 26.3 Å². The number of benzene rings is 2. The quantitative estimate of drug-likeness (QED) is 0.443. The number of hydrogen-bond donors (Lipinski definition) is 1. The average Bonchev–Trinajstić information content (AvgIpc) is 3.30. The highest BCUT2D eigenvalue weighted by molar-refractivity contribution is 7.89. The van der Waals surface area contributed by atoms with Crippen molar-refractivity contribution >= 4 is 21.1 Å². The third kappa shape index (κ3) is 4.59. The van der Waals surface area contributed by atoms with E-state index < -0.39 is 21.7 Å². The summed E-state index contributed by atoms with van der Waals surface area (Å²) in [6, 6.07) is 14.1. The molecule has 5 rings (SSSR count). The van der Waals surface area contributed by atoms with Crippen molar-refractivity contribution in [2.45, 2.75) is 17.7 Å². The van der Waals surface area contributed by atoms with Crippen LogP contribution in [0.5, 0.6) is 0 Å². The van der Waals surface area contributed by atoms with E-state index in [0.717, 1.165) is 33.9 Å². The molecule has 9 heteroatoms. The van der Waals surface area contributed by atoms with Crippen molar-refractivity contribution < 1.29 is 21.9 Å². The Kier molecular flexibility index (Phi) is 6.16. The first kappa shape index (κ1) is 22.6. The monoisotopic (exact) mass is 483 g/mol. The van der Waals surface area contributed by atoms with E-state index in [-0.39, 0.29) is 4.90 Å². The molecule has 0 bridgehead atoms. The standard InChI is InChI=1S/C25H23F2N3O3S/c26-19-13-17(14-20(27)15-19)1-6-23-22(16-25-24(29-23)7-8-28-25)18-2-4-21(5-3-18)34(31,32)30-9-11-33-12-10-30/h2-5,7-8,13-16,28H,1,6,9-12H2. The number of sulfonamides is 1. The molecule has 4 aromatic rings. The number of aromatic amines is 1. The Morgan fingerprint density at radius 2 is 1.65 bits per heavy atom. The third-order valence-electron chi connectivity index (χ3n) is 5.96. The highest BCUT2D eigenvalue weighted by Gasteiger charge is 2.26. The molecule has 1 aliphatic rings. The number of nitrogens with one attached hydrogen (secondary N) is 1. The molecule has 0 spiro atoms. The summed E-state index contributed by atoms with van der Waals surface area (Å²) in [5.74, 6) is -1.22. The largest absolute Gasteiger partial charge is 0.379 e. The second kappa shape index (κ2) is 9.25. The maximum absolute atomic E-state index is 13.6. The Morgan fingerprint density at radius 3 is 2.35 bits per heavy atom. The number of rotatable bonds is 6. The molecule has 2 aromatic heterocycles. The number of H-pyrrole nitrogens is 1. The summed E-state index contributed by atoms with van der Waals surface area (Å²) in [6.07, 6.45) is 2.67. The minimum absolute atomic E-state index is 0.226. The van der Waals surface area contributed by atoms with Gasteiger partial charge in [0.05, 0.1) is 29.1 Å². The van der Waals surface area contributed by atoms with Crippen LogP contribution in [0.4, 0.5) is 8.78 Å². The molecular formula is C25H23F2N3O3S. The van der Waals surface area contributed by atoms with E-state index in [1.165, 1.54) is 16.4 Å². The minimum atomic E-state index is -3.59. The Morgan fingerprint density at radius 1 is 0.941 bits per heavy atom. The van der Waals surface area contributed by atoms with Crippen LogP contribution < -0.4 is 0 Å². The molecule has 0 atom stereocenters. The number of halogens is 2. The number of morpholine rings is 1. The summed E-state index contributed by atoms with van der Waals surface area (Å²) in [5.41, 5.74) is 4.59. The maximum Gasteiger partial charge on any atom is 0.243 e. The van der Waals surface area contributed by atoms with Crippen LogP contribution in [-0.4, -0.2) is 49.0 Å². The Balaban J connectivity index is 1.46. The molecule has 0 saturated carbocycles. The zero-order valence-corrected chi connectivity index (χ0v) is 19.1. The van der Waals surface area contributed by atoms with Crippen LogP contribution >= 0.6 is 0 Å². The van der Waals surface area contributed by atoms with Crippen molar-refractivity contribution in [3.63, 3.8) is 0 Å². The summed E-state index contributed by atoms with van der Waals surface area (Å²) in [7, 11) is -3.59. The maximum atomic E-state index is 13.6. The lowest BCUT2D eigenvalue weighted by Gasteiger charge is -2.26. The smallest absolute Gasteiger partial charge is 0.243 e. The molecule has 6 nitrogen and oxygen atoms in total. The molecule has 1 saturated heterocycles. The third-order valence-corrected chi connectivity index (χ3v) is 7.87. The topological polar surface area (TPSA) is 75.3 Å². The lowest BCUT2D eigenvalue weighted by atomic mass is 9.99. The molecule has 1 aliphatic heterocycles. The van der Waals surface area contributed by atoms with Crippen LogP contribution in [0.2, 0.25) is 0 Å². The van der Waals surface area contributed by atoms with Crippen LogP contribution in [0.15, 0.2) is 65.7 Å². The van der Waals surface area contributed by atoms with Crippen molar-refractivity contribution in [1.82, 2.24) is 14.3 Å². The van der Waals surface area contributed by atoms with E-state index in [2.05, 4.69) is 4.98 Å². The molecule has 0 aliphatic carbocycles.